The molecular weight excluding hydrogens is 208 g/mol. The summed E-state index contributed by atoms with van der Waals surface area (Å²) in [5.74, 6) is -0.449. The first-order chi connectivity index (χ1) is 6.59. The number of pyridine rings is 1. The fourth-order valence-electron chi connectivity index (χ4n) is 0.631. The van der Waals surface area contributed by atoms with E-state index in [1.165, 1.54) is 19.1 Å². The van der Waals surface area contributed by atoms with E-state index in [4.69, 9.17) is 0 Å². The molecule has 74 valence electrons. The van der Waals surface area contributed by atoms with Gasteiger partial charge in [-0.3, -0.25) is 14.9 Å². The van der Waals surface area contributed by atoms with E-state index >= 15 is 0 Å². The molecule has 0 saturated carbocycles. The summed E-state index contributed by atoms with van der Waals surface area (Å²) in [4.78, 5) is 23.8. The van der Waals surface area contributed by atoms with Crippen molar-refractivity contribution in [2.24, 2.45) is 0 Å². The normalized spacial score (nSPS) is 9.50. The Morgan fingerprint density at radius 3 is 2.79 bits per heavy atom. The van der Waals surface area contributed by atoms with E-state index in [9.17, 15) is 14.9 Å². The van der Waals surface area contributed by atoms with Gasteiger partial charge in [0.05, 0.1) is 4.92 Å². The Morgan fingerprint density at radius 1 is 1.64 bits per heavy atom. The molecule has 0 aliphatic carbocycles. The molecule has 1 aromatic heterocycles. The van der Waals surface area contributed by atoms with Gasteiger partial charge in [0.25, 0.3) is 5.69 Å². The second-order valence-corrected chi connectivity index (χ2v) is 3.02. The van der Waals surface area contributed by atoms with Crippen LogP contribution < -0.4 is 0 Å². The van der Waals surface area contributed by atoms with Gasteiger partial charge in [-0.05, 0) is 6.07 Å². The summed E-state index contributed by atoms with van der Waals surface area (Å²) in [6, 6.07) is 2.70. The van der Waals surface area contributed by atoms with Gasteiger partial charge in [0.15, 0.2) is 0 Å². The smallest absolute Gasteiger partial charge is 0.315 e. The van der Waals surface area contributed by atoms with Crippen LogP contribution >= 0.6 is 12.0 Å². The van der Waals surface area contributed by atoms with Gasteiger partial charge in [0, 0.05) is 13.0 Å². The van der Waals surface area contributed by atoms with Crippen molar-refractivity contribution in [3.8, 4) is 0 Å². The average molecular weight is 214 g/mol. The van der Waals surface area contributed by atoms with E-state index in [0.717, 1.165) is 18.2 Å². The SMILES string of the molecule is CC(=O)OSc1ccc([N+](=O)[O-])cn1. The van der Waals surface area contributed by atoms with E-state index in [0.29, 0.717) is 5.03 Å². The van der Waals surface area contributed by atoms with Gasteiger partial charge in [-0.2, -0.15) is 0 Å². The molecule has 0 N–H and O–H groups in total. The monoisotopic (exact) mass is 214 g/mol. The van der Waals surface area contributed by atoms with E-state index in [2.05, 4.69) is 9.17 Å². The summed E-state index contributed by atoms with van der Waals surface area (Å²) in [5.41, 5.74) is -0.0998. The molecule has 0 atom stereocenters. The van der Waals surface area contributed by atoms with Crippen molar-refractivity contribution >= 4 is 23.7 Å². The van der Waals surface area contributed by atoms with Gasteiger partial charge >= 0.3 is 5.97 Å². The van der Waals surface area contributed by atoms with Crippen LogP contribution in [0.1, 0.15) is 6.92 Å². The quantitative estimate of drug-likeness (QED) is 0.431. The lowest BCUT2D eigenvalue weighted by Crippen LogP contribution is -1.92. The predicted octanol–water partition coefficient (Wildman–Crippen LogP) is 1.56. The molecule has 14 heavy (non-hydrogen) atoms. The van der Waals surface area contributed by atoms with Crippen LogP contribution in [0.25, 0.3) is 0 Å². The van der Waals surface area contributed by atoms with E-state index in [-0.39, 0.29) is 5.69 Å². The molecule has 0 amide bonds. The standard InChI is InChI=1S/C7H6N2O4S/c1-5(10)13-14-7-3-2-6(4-8-7)9(11)12/h2-4H,1H3. The van der Waals surface area contributed by atoms with Crippen LogP contribution in [-0.4, -0.2) is 15.9 Å². The maximum Gasteiger partial charge on any atom is 0.315 e. The fraction of sp³-hybridized carbons (Fsp3) is 0.143. The molecule has 0 saturated heterocycles. The lowest BCUT2D eigenvalue weighted by atomic mass is 10.4. The highest BCUT2D eigenvalue weighted by molar-refractivity contribution is 7.95. The Kier molecular flexibility index (Phi) is 3.41. The molecule has 1 rings (SSSR count). The molecule has 0 bridgehead atoms. The maximum atomic E-state index is 10.4. The topological polar surface area (TPSA) is 82.3 Å². The van der Waals surface area contributed by atoms with Gasteiger partial charge in [0.1, 0.15) is 23.3 Å². The number of hydrogen-bond acceptors (Lipinski definition) is 6. The van der Waals surface area contributed by atoms with E-state index in [1.54, 1.807) is 0 Å². The Hall–Kier alpha value is -1.63. The zero-order valence-electron chi connectivity index (χ0n) is 7.17. The average Bonchev–Trinajstić information content (AvgIpc) is 2.15. The van der Waals surface area contributed by atoms with Gasteiger partial charge in [-0.15, -0.1) is 0 Å². The van der Waals surface area contributed by atoms with Gasteiger partial charge < -0.3 is 4.18 Å². The predicted molar refractivity (Wildman–Crippen MR) is 48.5 cm³/mol. The number of nitro groups is 1. The first-order valence-corrected chi connectivity index (χ1v) is 4.29. The summed E-state index contributed by atoms with van der Waals surface area (Å²) in [6.07, 6.45) is 1.10. The van der Waals surface area contributed by atoms with Gasteiger partial charge in [0.2, 0.25) is 0 Å². The number of nitrogens with zero attached hydrogens (tertiary/aromatic N) is 2. The lowest BCUT2D eigenvalue weighted by molar-refractivity contribution is -0.385. The van der Waals surface area contributed by atoms with Crippen LogP contribution in [0.15, 0.2) is 23.4 Å². The summed E-state index contributed by atoms with van der Waals surface area (Å²) >= 11 is 0.766. The van der Waals surface area contributed by atoms with Gasteiger partial charge in [-0.1, -0.05) is 0 Å². The maximum absolute atomic E-state index is 10.4. The summed E-state index contributed by atoms with van der Waals surface area (Å²) in [7, 11) is 0. The number of aromatic nitrogens is 1. The third-order valence-electron chi connectivity index (χ3n) is 1.18. The summed E-state index contributed by atoms with van der Waals surface area (Å²) in [6.45, 7) is 1.26. The minimum absolute atomic E-state index is 0.0998. The van der Waals surface area contributed by atoms with Gasteiger partial charge in [-0.25, -0.2) is 4.98 Å². The van der Waals surface area contributed by atoms with Crippen molar-refractivity contribution < 1.29 is 13.9 Å². The Bertz CT molecular complexity index is 351. The Balaban J connectivity index is 2.64. The third kappa shape index (κ3) is 3.02. The zero-order valence-corrected chi connectivity index (χ0v) is 7.98. The highest BCUT2D eigenvalue weighted by Crippen LogP contribution is 2.18. The zero-order chi connectivity index (χ0) is 10.6. The van der Waals surface area contributed by atoms with Crippen molar-refractivity contribution in [3.05, 3.63) is 28.4 Å². The lowest BCUT2D eigenvalue weighted by Gasteiger charge is -1.97. The van der Waals surface area contributed by atoms with Crippen LogP contribution in [0.2, 0.25) is 0 Å². The highest BCUT2D eigenvalue weighted by Gasteiger charge is 2.06. The molecule has 1 heterocycles. The first-order valence-electron chi connectivity index (χ1n) is 3.55. The van der Waals surface area contributed by atoms with Crippen LogP contribution in [0.5, 0.6) is 0 Å². The Labute approximate surface area is 83.6 Å². The second-order valence-electron chi connectivity index (χ2n) is 2.27. The molecule has 7 heteroatoms. The molecule has 0 unspecified atom stereocenters. The molecular formula is C7H6N2O4S. The molecule has 6 nitrogen and oxygen atoms in total. The van der Waals surface area contributed by atoms with E-state index < -0.39 is 10.9 Å². The number of rotatable bonds is 3. The van der Waals surface area contributed by atoms with E-state index in [1.807, 2.05) is 0 Å². The molecule has 0 radical (unpaired) electrons. The van der Waals surface area contributed by atoms with Crippen LogP contribution in [-0.2, 0) is 8.98 Å². The third-order valence-corrected chi connectivity index (χ3v) is 1.91. The van der Waals surface area contributed by atoms with Crippen molar-refractivity contribution in [2.45, 2.75) is 11.9 Å². The number of carbonyl (C=O) groups is 1. The molecule has 0 spiro atoms. The highest BCUT2D eigenvalue weighted by atomic mass is 32.2. The van der Waals surface area contributed by atoms with Crippen LogP contribution in [0, 0.1) is 10.1 Å². The Morgan fingerprint density at radius 2 is 2.36 bits per heavy atom. The number of hydrogen-bond donors (Lipinski definition) is 0. The largest absolute Gasteiger partial charge is 0.385 e. The number of carbonyl (C=O) groups excluding carboxylic acids is 1. The molecule has 0 fully saturated rings. The minimum Gasteiger partial charge on any atom is -0.385 e. The first kappa shape index (κ1) is 10.5. The van der Waals surface area contributed by atoms with Crippen molar-refractivity contribution in [1.82, 2.24) is 4.98 Å². The molecule has 0 aromatic carbocycles. The van der Waals surface area contributed by atoms with Crippen molar-refractivity contribution in [1.29, 1.82) is 0 Å². The minimum atomic E-state index is -0.548. The van der Waals surface area contributed by atoms with Crippen LogP contribution in [0.4, 0.5) is 5.69 Å². The van der Waals surface area contributed by atoms with Crippen molar-refractivity contribution in [3.63, 3.8) is 0 Å². The van der Waals surface area contributed by atoms with Crippen LogP contribution in [0.3, 0.4) is 0 Å². The summed E-state index contributed by atoms with van der Waals surface area (Å²) < 4.78 is 4.57. The molecule has 0 aliphatic heterocycles. The molecule has 0 aliphatic rings. The second kappa shape index (κ2) is 4.56. The molecule has 1 aromatic rings. The van der Waals surface area contributed by atoms with Crippen molar-refractivity contribution in [2.75, 3.05) is 0 Å². The fourth-order valence-corrected chi connectivity index (χ4v) is 1.05. The summed E-state index contributed by atoms with van der Waals surface area (Å²) in [5, 5.41) is 10.6.